The molecule has 1 aromatic carbocycles. The van der Waals surface area contributed by atoms with Crippen molar-refractivity contribution in [1.29, 1.82) is 0 Å². The molecule has 0 radical (unpaired) electrons. The molecule has 3 heteroatoms. The van der Waals surface area contributed by atoms with Gasteiger partial charge in [0.05, 0.1) is 0 Å². The minimum Gasteiger partial charge on any atom is -0.508 e. The molecule has 13 heavy (non-hydrogen) atoms. The normalized spacial score (nSPS) is 12.4. The summed E-state index contributed by atoms with van der Waals surface area (Å²) in [6.07, 6.45) is 0.914. The molecule has 0 amide bonds. The fourth-order valence-electron chi connectivity index (χ4n) is 1.05. The number of phenolic OH excluding ortho intramolecular Hbond substituents is 1. The number of phenols is 1. The van der Waals surface area contributed by atoms with Crippen LogP contribution < -0.4 is 0 Å². The van der Waals surface area contributed by atoms with Gasteiger partial charge in [-0.1, -0.05) is 12.1 Å². The van der Waals surface area contributed by atoms with Crippen molar-refractivity contribution in [3.05, 3.63) is 29.8 Å². The van der Waals surface area contributed by atoms with E-state index in [9.17, 15) is 4.79 Å². The summed E-state index contributed by atoms with van der Waals surface area (Å²) in [5.74, 6) is 0.226. The van der Waals surface area contributed by atoms with Gasteiger partial charge in [0.25, 0.3) is 0 Å². The fourth-order valence-corrected chi connectivity index (χ4v) is 1.05. The number of ether oxygens (including phenoxy) is 1. The number of hydrogen-bond acceptors (Lipinski definition) is 3. The Labute approximate surface area is 77.0 Å². The fraction of sp³-hybridized carbons (Fsp3) is 0.300. The van der Waals surface area contributed by atoms with Gasteiger partial charge in [-0.15, -0.1) is 0 Å². The molecule has 0 saturated heterocycles. The highest BCUT2D eigenvalue weighted by molar-refractivity contribution is 5.56. The average molecular weight is 180 g/mol. The van der Waals surface area contributed by atoms with Gasteiger partial charge in [-0.05, 0) is 17.7 Å². The molecule has 0 fully saturated rings. The molecule has 1 unspecified atom stereocenters. The highest BCUT2D eigenvalue weighted by atomic mass is 16.5. The molecule has 0 heterocycles. The van der Waals surface area contributed by atoms with Gasteiger partial charge >= 0.3 is 0 Å². The molecule has 0 bridgehead atoms. The van der Waals surface area contributed by atoms with Gasteiger partial charge in [0, 0.05) is 13.5 Å². The van der Waals surface area contributed by atoms with Crippen LogP contribution in [0.15, 0.2) is 24.3 Å². The number of aldehydes is 1. The van der Waals surface area contributed by atoms with Crippen LogP contribution in [-0.4, -0.2) is 24.6 Å². The van der Waals surface area contributed by atoms with Crippen LogP contribution in [0.1, 0.15) is 5.56 Å². The van der Waals surface area contributed by atoms with Crippen molar-refractivity contribution in [3.63, 3.8) is 0 Å². The number of methoxy groups -OCH3 is 1. The lowest BCUT2D eigenvalue weighted by atomic mass is 10.1. The highest BCUT2D eigenvalue weighted by Crippen LogP contribution is 2.11. The number of carbonyl (C=O) groups is 1. The lowest BCUT2D eigenvalue weighted by Gasteiger charge is -2.07. The lowest BCUT2D eigenvalue weighted by molar-refractivity contribution is -0.116. The van der Waals surface area contributed by atoms with Crippen LogP contribution in [0.4, 0.5) is 0 Å². The lowest BCUT2D eigenvalue weighted by Crippen LogP contribution is -2.15. The number of carbonyl (C=O) groups excluding carboxylic acids is 1. The molecule has 0 aliphatic carbocycles. The monoisotopic (exact) mass is 180 g/mol. The van der Waals surface area contributed by atoms with Crippen molar-refractivity contribution in [1.82, 2.24) is 0 Å². The van der Waals surface area contributed by atoms with E-state index in [0.717, 1.165) is 11.8 Å². The Morgan fingerprint density at radius 1 is 1.46 bits per heavy atom. The first-order chi connectivity index (χ1) is 6.26. The third-order valence-corrected chi connectivity index (χ3v) is 1.83. The van der Waals surface area contributed by atoms with E-state index < -0.39 is 6.10 Å². The Morgan fingerprint density at radius 3 is 2.54 bits per heavy atom. The molecule has 1 rings (SSSR count). The summed E-state index contributed by atoms with van der Waals surface area (Å²) in [7, 11) is 1.50. The second kappa shape index (κ2) is 4.62. The van der Waals surface area contributed by atoms with Crippen LogP contribution >= 0.6 is 0 Å². The third-order valence-electron chi connectivity index (χ3n) is 1.83. The van der Waals surface area contributed by atoms with Crippen molar-refractivity contribution < 1.29 is 14.6 Å². The van der Waals surface area contributed by atoms with Gasteiger partial charge in [0.1, 0.15) is 18.1 Å². The van der Waals surface area contributed by atoms with Gasteiger partial charge in [-0.2, -0.15) is 0 Å². The molecule has 3 nitrogen and oxygen atoms in total. The van der Waals surface area contributed by atoms with E-state index in [1.807, 2.05) is 0 Å². The van der Waals surface area contributed by atoms with E-state index in [1.54, 1.807) is 24.3 Å². The number of benzene rings is 1. The summed E-state index contributed by atoms with van der Waals surface area (Å²) in [5, 5.41) is 9.00. The third kappa shape index (κ3) is 2.87. The molecular formula is C10H12O3. The van der Waals surface area contributed by atoms with Gasteiger partial charge in [-0.3, -0.25) is 0 Å². The second-order valence-corrected chi connectivity index (χ2v) is 2.78. The summed E-state index contributed by atoms with van der Waals surface area (Å²) in [6.45, 7) is 0. The molecule has 0 aromatic heterocycles. The van der Waals surface area contributed by atoms with Crippen molar-refractivity contribution in [2.24, 2.45) is 0 Å². The smallest absolute Gasteiger partial charge is 0.149 e. The maximum absolute atomic E-state index is 10.4. The second-order valence-electron chi connectivity index (χ2n) is 2.78. The van der Waals surface area contributed by atoms with E-state index in [0.29, 0.717) is 6.42 Å². The maximum Gasteiger partial charge on any atom is 0.149 e. The zero-order chi connectivity index (χ0) is 9.68. The first kappa shape index (κ1) is 9.74. The SMILES string of the molecule is COC(C=O)Cc1ccc(O)cc1. The first-order valence-corrected chi connectivity index (χ1v) is 4.02. The predicted molar refractivity (Wildman–Crippen MR) is 48.7 cm³/mol. The Bertz CT molecular complexity index is 266. The summed E-state index contributed by atoms with van der Waals surface area (Å²) in [4.78, 5) is 10.4. The number of hydrogen-bond donors (Lipinski definition) is 1. The quantitative estimate of drug-likeness (QED) is 0.707. The number of rotatable bonds is 4. The molecule has 0 spiro atoms. The first-order valence-electron chi connectivity index (χ1n) is 4.02. The standard InChI is InChI=1S/C10H12O3/c1-13-10(7-11)6-8-2-4-9(12)5-3-8/h2-5,7,10,12H,6H2,1H3. The minimum absolute atomic E-state index is 0.226. The molecule has 0 aliphatic rings. The summed E-state index contributed by atoms with van der Waals surface area (Å²) < 4.78 is 4.90. The molecule has 1 aromatic rings. The van der Waals surface area contributed by atoms with Gasteiger partial charge in [0.15, 0.2) is 0 Å². The van der Waals surface area contributed by atoms with E-state index in [-0.39, 0.29) is 5.75 Å². The van der Waals surface area contributed by atoms with E-state index in [1.165, 1.54) is 7.11 Å². The molecule has 70 valence electrons. The summed E-state index contributed by atoms with van der Waals surface area (Å²) >= 11 is 0. The zero-order valence-electron chi connectivity index (χ0n) is 7.43. The van der Waals surface area contributed by atoms with E-state index >= 15 is 0 Å². The largest absolute Gasteiger partial charge is 0.508 e. The Hall–Kier alpha value is -1.35. The van der Waals surface area contributed by atoms with Crippen molar-refractivity contribution in [2.75, 3.05) is 7.11 Å². The Morgan fingerprint density at radius 2 is 2.08 bits per heavy atom. The van der Waals surface area contributed by atoms with E-state index in [4.69, 9.17) is 9.84 Å². The summed E-state index contributed by atoms with van der Waals surface area (Å²) in [5.41, 5.74) is 0.969. The number of aromatic hydroxyl groups is 1. The van der Waals surface area contributed by atoms with Crippen molar-refractivity contribution in [2.45, 2.75) is 12.5 Å². The Balaban J connectivity index is 2.63. The van der Waals surface area contributed by atoms with Crippen LogP contribution in [0.2, 0.25) is 0 Å². The topological polar surface area (TPSA) is 46.5 Å². The minimum atomic E-state index is -0.399. The maximum atomic E-state index is 10.4. The molecule has 1 atom stereocenters. The van der Waals surface area contributed by atoms with Crippen LogP contribution in [0, 0.1) is 0 Å². The van der Waals surface area contributed by atoms with Gasteiger partial charge < -0.3 is 14.6 Å². The molecular weight excluding hydrogens is 168 g/mol. The van der Waals surface area contributed by atoms with Crippen LogP contribution in [-0.2, 0) is 16.0 Å². The van der Waals surface area contributed by atoms with Crippen LogP contribution in [0.5, 0.6) is 5.75 Å². The predicted octanol–water partition coefficient (Wildman–Crippen LogP) is 1.15. The van der Waals surface area contributed by atoms with Crippen LogP contribution in [0.3, 0.4) is 0 Å². The molecule has 0 saturated carbocycles. The van der Waals surface area contributed by atoms with Crippen molar-refractivity contribution in [3.8, 4) is 5.75 Å². The highest BCUT2D eigenvalue weighted by Gasteiger charge is 2.05. The molecule has 1 N–H and O–H groups in total. The Kier molecular flexibility index (Phi) is 3.46. The van der Waals surface area contributed by atoms with Gasteiger partial charge in [0.2, 0.25) is 0 Å². The van der Waals surface area contributed by atoms with E-state index in [2.05, 4.69) is 0 Å². The zero-order valence-corrected chi connectivity index (χ0v) is 7.43. The van der Waals surface area contributed by atoms with Crippen LogP contribution in [0.25, 0.3) is 0 Å². The molecule has 0 aliphatic heterocycles. The van der Waals surface area contributed by atoms with Gasteiger partial charge in [-0.25, -0.2) is 0 Å². The van der Waals surface area contributed by atoms with Crippen molar-refractivity contribution >= 4 is 6.29 Å². The average Bonchev–Trinajstić information content (AvgIpc) is 2.17. The summed E-state index contributed by atoms with van der Waals surface area (Å²) in [6, 6.07) is 6.72.